The number of fused-ring (bicyclic) bond motifs is 2. The van der Waals surface area contributed by atoms with Crippen molar-refractivity contribution in [2.75, 3.05) is 0 Å². The quantitative estimate of drug-likeness (QED) is 0.625. The first-order valence-electron chi connectivity index (χ1n) is 10.4. The van der Waals surface area contributed by atoms with Crippen molar-refractivity contribution in [3.8, 4) is 0 Å². The third-order valence-corrected chi connectivity index (χ3v) is 6.10. The normalized spacial score (nSPS) is 20.1. The summed E-state index contributed by atoms with van der Waals surface area (Å²) in [6, 6.07) is 10.6. The van der Waals surface area contributed by atoms with Crippen LogP contribution in [-0.2, 0) is 35.8 Å². The molecule has 2 aromatic rings. The van der Waals surface area contributed by atoms with Crippen molar-refractivity contribution in [3.05, 3.63) is 69.8 Å². The molecule has 5 rings (SSSR count). The van der Waals surface area contributed by atoms with Crippen molar-refractivity contribution in [3.63, 3.8) is 0 Å². The number of carbonyl (C=O) groups is 4. The molecule has 0 aliphatic carbocycles. The van der Waals surface area contributed by atoms with Gasteiger partial charge in [0.15, 0.2) is 0 Å². The standard InChI is InChI=1S/C23H22N4O4/c28-19-7-6-18(21(29)26-19)27-22(30)17-3-1-2-15(20(17)23(27)31)11-24-9-13-4-5-14-10-25-12-16(14)8-13/h1-5,8,18,24-25H,6-7,9-12H2,(H,26,28,29). The zero-order valence-corrected chi connectivity index (χ0v) is 16.9. The molecule has 0 radical (unpaired) electrons. The number of amides is 4. The fourth-order valence-electron chi connectivity index (χ4n) is 4.53. The maximum absolute atomic E-state index is 13.1. The van der Waals surface area contributed by atoms with Gasteiger partial charge in [0.1, 0.15) is 6.04 Å². The van der Waals surface area contributed by atoms with Crippen LogP contribution < -0.4 is 16.0 Å². The Balaban J connectivity index is 1.32. The van der Waals surface area contributed by atoms with Crippen molar-refractivity contribution in [2.45, 2.75) is 45.1 Å². The number of imide groups is 2. The second-order valence-electron chi connectivity index (χ2n) is 8.10. The maximum atomic E-state index is 13.1. The van der Waals surface area contributed by atoms with Crippen LogP contribution in [0.15, 0.2) is 36.4 Å². The highest BCUT2D eigenvalue weighted by Crippen LogP contribution is 2.30. The number of rotatable bonds is 5. The zero-order valence-electron chi connectivity index (χ0n) is 16.9. The number of hydrogen-bond acceptors (Lipinski definition) is 6. The Morgan fingerprint density at radius 1 is 0.968 bits per heavy atom. The highest BCUT2D eigenvalue weighted by molar-refractivity contribution is 6.24. The summed E-state index contributed by atoms with van der Waals surface area (Å²) in [7, 11) is 0. The molecule has 2 aromatic carbocycles. The van der Waals surface area contributed by atoms with Gasteiger partial charge in [-0.25, -0.2) is 0 Å². The molecule has 0 spiro atoms. The minimum Gasteiger partial charge on any atom is -0.309 e. The summed E-state index contributed by atoms with van der Waals surface area (Å²) in [6.07, 6.45) is 0.255. The lowest BCUT2D eigenvalue weighted by atomic mass is 10.0. The number of carbonyl (C=O) groups excluding carboxylic acids is 4. The van der Waals surface area contributed by atoms with Crippen LogP contribution in [0.5, 0.6) is 0 Å². The number of piperidine rings is 1. The van der Waals surface area contributed by atoms with Crippen molar-refractivity contribution >= 4 is 23.6 Å². The average Bonchev–Trinajstić information content (AvgIpc) is 3.32. The van der Waals surface area contributed by atoms with Gasteiger partial charge < -0.3 is 10.6 Å². The van der Waals surface area contributed by atoms with Crippen LogP contribution in [-0.4, -0.2) is 34.6 Å². The van der Waals surface area contributed by atoms with Gasteiger partial charge in [0.25, 0.3) is 11.8 Å². The Hall–Kier alpha value is -3.36. The van der Waals surface area contributed by atoms with E-state index >= 15 is 0 Å². The molecule has 1 fully saturated rings. The molecule has 1 saturated heterocycles. The number of nitrogens with zero attached hydrogens (tertiary/aromatic N) is 1. The Morgan fingerprint density at radius 2 is 1.81 bits per heavy atom. The van der Waals surface area contributed by atoms with Gasteiger partial charge in [-0.3, -0.25) is 29.4 Å². The summed E-state index contributed by atoms with van der Waals surface area (Å²) < 4.78 is 0. The van der Waals surface area contributed by atoms with Crippen LogP contribution in [0.1, 0.15) is 55.8 Å². The van der Waals surface area contributed by atoms with Gasteiger partial charge in [-0.15, -0.1) is 0 Å². The van der Waals surface area contributed by atoms with Gasteiger partial charge in [0.05, 0.1) is 11.1 Å². The van der Waals surface area contributed by atoms with E-state index in [2.05, 4.69) is 34.1 Å². The maximum Gasteiger partial charge on any atom is 0.262 e. The van der Waals surface area contributed by atoms with E-state index in [0.717, 1.165) is 23.6 Å². The second kappa shape index (κ2) is 7.72. The molecule has 31 heavy (non-hydrogen) atoms. The van der Waals surface area contributed by atoms with Crippen LogP contribution in [0, 0.1) is 0 Å². The first-order chi connectivity index (χ1) is 15.0. The molecule has 3 aliphatic heterocycles. The first-order valence-corrected chi connectivity index (χ1v) is 10.4. The fraction of sp³-hybridized carbons (Fsp3) is 0.304. The minimum absolute atomic E-state index is 0.106. The van der Waals surface area contributed by atoms with Gasteiger partial charge in [-0.05, 0) is 34.7 Å². The van der Waals surface area contributed by atoms with E-state index in [-0.39, 0.29) is 18.7 Å². The third kappa shape index (κ3) is 3.43. The summed E-state index contributed by atoms with van der Waals surface area (Å²) >= 11 is 0. The molecule has 3 N–H and O–H groups in total. The molecule has 8 nitrogen and oxygen atoms in total. The van der Waals surface area contributed by atoms with Crippen LogP contribution >= 0.6 is 0 Å². The van der Waals surface area contributed by atoms with E-state index in [9.17, 15) is 19.2 Å². The van der Waals surface area contributed by atoms with E-state index in [1.807, 2.05) is 6.07 Å². The van der Waals surface area contributed by atoms with Gasteiger partial charge in [0.2, 0.25) is 11.8 Å². The summed E-state index contributed by atoms with van der Waals surface area (Å²) in [4.78, 5) is 50.7. The monoisotopic (exact) mass is 418 g/mol. The molecule has 1 atom stereocenters. The molecule has 0 saturated carbocycles. The van der Waals surface area contributed by atoms with Crippen LogP contribution in [0.25, 0.3) is 0 Å². The summed E-state index contributed by atoms with van der Waals surface area (Å²) in [5, 5.41) is 8.90. The van der Waals surface area contributed by atoms with E-state index < -0.39 is 23.8 Å². The summed E-state index contributed by atoms with van der Waals surface area (Å²) in [5.41, 5.74) is 5.14. The smallest absolute Gasteiger partial charge is 0.262 e. The third-order valence-electron chi connectivity index (χ3n) is 6.10. The Morgan fingerprint density at radius 3 is 2.65 bits per heavy atom. The van der Waals surface area contributed by atoms with Crippen molar-refractivity contribution < 1.29 is 19.2 Å². The molecule has 0 bridgehead atoms. The lowest BCUT2D eigenvalue weighted by Gasteiger charge is -2.27. The number of benzene rings is 2. The predicted octanol–water partition coefficient (Wildman–Crippen LogP) is 0.981. The predicted molar refractivity (Wildman–Crippen MR) is 111 cm³/mol. The molecule has 0 aromatic heterocycles. The highest BCUT2D eigenvalue weighted by Gasteiger charge is 2.45. The van der Waals surface area contributed by atoms with Crippen molar-refractivity contribution in [1.82, 2.24) is 20.9 Å². The van der Waals surface area contributed by atoms with E-state index in [0.29, 0.717) is 29.8 Å². The van der Waals surface area contributed by atoms with E-state index in [1.165, 1.54) is 11.1 Å². The number of hydrogen-bond donors (Lipinski definition) is 3. The average molecular weight is 418 g/mol. The zero-order chi connectivity index (χ0) is 21.5. The molecule has 158 valence electrons. The fourth-order valence-corrected chi connectivity index (χ4v) is 4.53. The topological polar surface area (TPSA) is 108 Å². The molecule has 4 amide bonds. The van der Waals surface area contributed by atoms with E-state index in [1.54, 1.807) is 12.1 Å². The molecule has 8 heteroatoms. The molecule has 3 heterocycles. The van der Waals surface area contributed by atoms with Crippen LogP contribution in [0.2, 0.25) is 0 Å². The van der Waals surface area contributed by atoms with Crippen LogP contribution in [0.3, 0.4) is 0 Å². The van der Waals surface area contributed by atoms with E-state index in [4.69, 9.17) is 0 Å². The highest BCUT2D eigenvalue weighted by atomic mass is 16.2. The molecular formula is C23H22N4O4. The lowest BCUT2D eigenvalue weighted by molar-refractivity contribution is -0.136. The molecule has 3 aliphatic rings. The Bertz CT molecular complexity index is 1130. The van der Waals surface area contributed by atoms with Gasteiger partial charge >= 0.3 is 0 Å². The van der Waals surface area contributed by atoms with Crippen molar-refractivity contribution in [1.29, 1.82) is 0 Å². The van der Waals surface area contributed by atoms with Gasteiger partial charge in [-0.2, -0.15) is 0 Å². The number of nitrogens with one attached hydrogen (secondary N) is 3. The van der Waals surface area contributed by atoms with Crippen LogP contribution in [0.4, 0.5) is 0 Å². The molecule has 1 unspecified atom stereocenters. The SMILES string of the molecule is O=C1CCC(N2C(=O)c3cccc(CNCc4ccc5c(c4)CNC5)c3C2=O)C(=O)N1. The summed E-state index contributed by atoms with van der Waals surface area (Å²) in [6.45, 7) is 2.83. The Kier molecular flexibility index (Phi) is 4.88. The Labute approximate surface area is 179 Å². The largest absolute Gasteiger partial charge is 0.309 e. The minimum atomic E-state index is -0.953. The second-order valence-corrected chi connectivity index (χ2v) is 8.10. The van der Waals surface area contributed by atoms with Gasteiger partial charge in [-0.1, -0.05) is 30.3 Å². The lowest BCUT2D eigenvalue weighted by Crippen LogP contribution is -2.54. The molecular weight excluding hydrogens is 396 g/mol. The first kappa shape index (κ1) is 19.6. The summed E-state index contributed by atoms with van der Waals surface area (Å²) in [5.74, 6) is -1.94. The van der Waals surface area contributed by atoms with Crippen molar-refractivity contribution in [2.24, 2.45) is 0 Å². The van der Waals surface area contributed by atoms with Gasteiger partial charge in [0, 0.05) is 32.6 Å².